The Morgan fingerprint density at radius 3 is 2.24 bits per heavy atom. The van der Waals surface area contributed by atoms with E-state index in [0.717, 1.165) is 38.8 Å². The second-order valence-electron chi connectivity index (χ2n) is 6.65. The van der Waals surface area contributed by atoms with Crippen molar-refractivity contribution in [3.63, 3.8) is 0 Å². The second-order valence-corrected chi connectivity index (χ2v) is 6.65. The Morgan fingerprint density at radius 2 is 1.60 bits per heavy atom. The number of rotatable bonds is 4. The van der Waals surface area contributed by atoms with Crippen molar-refractivity contribution in [3.8, 4) is 0 Å². The Hall–Kier alpha value is -2.01. The summed E-state index contributed by atoms with van der Waals surface area (Å²) < 4.78 is 38.6. The lowest BCUT2D eigenvalue weighted by Crippen LogP contribution is -2.47. The highest BCUT2D eigenvalue weighted by atomic mass is 19.4. The highest BCUT2D eigenvalue weighted by Gasteiger charge is 2.31. The average Bonchev–Trinajstić information content (AvgIpc) is 2.62. The van der Waals surface area contributed by atoms with E-state index in [-0.39, 0.29) is 0 Å². The normalized spacial score (nSPS) is 17.5. The van der Waals surface area contributed by atoms with Crippen LogP contribution >= 0.6 is 0 Å². The maximum atomic E-state index is 12.9. The molecule has 1 aliphatic heterocycles. The van der Waals surface area contributed by atoms with Crippen LogP contribution in [0.5, 0.6) is 0 Å². The average molecular weight is 348 g/mol. The maximum absolute atomic E-state index is 12.9. The molecule has 0 aromatic heterocycles. The molecule has 1 saturated heterocycles. The van der Waals surface area contributed by atoms with Crippen molar-refractivity contribution < 1.29 is 13.2 Å². The lowest BCUT2D eigenvalue weighted by atomic mass is 10.0. The molecule has 25 heavy (non-hydrogen) atoms. The zero-order chi connectivity index (χ0) is 17.9. The number of hydrogen-bond donors (Lipinski definition) is 0. The van der Waals surface area contributed by atoms with Crippen LogP contribution in [0, 0.1) is 0 Å². The van der Waals surface area contributed by atoms with Crippen molar-refractivity contribution in [1.82, 2.24) is 4.90 Å². The van der Waals surface area contributed by atoms with Crippen LogP contribution in [-0.2, 0) is 6.18 Å². The summed E-state index contributed by atoms with van der Waals surface area (Å²) in [4.78, 5) is 4.43. The quantitative estimate of drug-likeness (QED) is 0.795. The summed E-state index contributed by atoms with van der Waals surface area (Å²) in [7, 11) is 0. The summed E-state index contributed by atoms with van der Waals surface area (Å²) in [5, 5.41) is 0. The fourth-order valence-corrected chi connectivity index (χ4v) is 3.34. The van der Waals surface area contributed by atoms with Crippen LogP contribution in [0.3, 0.4) is 0 Å². The van der Waals surface area contributed by atoms with Crippen LogP contribution in [0.4, 0.5) is 18.9 Å². The lowest BCUT2D eigenvalue weighted by molar-refractivity contribution is -0.137. The molecule has 2 aromatic carbocycles. The standard InChI is InChI=1S/C20H23F3N2/c1-16(17-6-3-2-4-7-17)15-24-10-12-25(13-11-24)19-9-5-8-18(14-19)20(21,22)23/h2-9,14,16H,10-13,15H2,1H3. The fraction of sp³-hybridized carbons (Fsp3) is 0.400. The second kappa shape index (κ2) is 7.48. The minimum Gasteiger partial charge on any atom is -0.369 e. The Bertz CT molecular complexity index is 677. The van der Waals surface area contributed by atoms with Crippen molar-refractivity contribution in [1.29, 1.82) is 0 Å². The number of benzene rings is 2. The Kier molecular flexibility index (Phi) is 5.33. The van der Waals surface area contributed by atoms with Gasteiger partial charge in [0.15, 0.2) is 0 Å². The molecule has 3 rings (SSSR count). The molecule has 0 radical (unpaired) electrons. The highest BCUT2D eigenvalue weighted by molar-refractivity contribution is 5.49. The van der Waals surface area contributed by atoms with Gasteiger partial charge in [0.25, 0.3) is 0 Å². The zero-order valence-corrected chi connectivity index (χ0v) is 14.3. The number of piperazine rings is 1. The largest absolute Gasteiger partial charge is 0.416 e. The summed E-state index contributed by atoms with van der Waals surface area (Å²) in [5.41, 5.74) is 1.40. The van der Waals surface area contributed by atoms with Gasteiger partial charge in [0, 0.05) is 38.4 Å². The summed E-state index contributed by atoms with van der Waals surface area (Å²) in [5.74, 6) is 0.446. The number of nitrogens with zero attached hydrogens (tertiary/aromatic N) is 2. The first-order chi connectivity index (χ1) is 11.9. The van der Waals surface area contributed by atoms with E-state index in [4.69, 9.17) is 0 Å². The third-order valence-electron chi connectivity index (χ3n) is 4.81. The van der Waals surface area contributed by atoms with Crippen LogP contribution in [0.2, 0.25) is 0 Å². The third kappa shape index (κ3) is 4.54. The van der Waals surface area contributed by atoms with E-state index in [1.165, 1.54) is 17.7 Å². The summed E-state index contributed by atoms with van der Waals surface area (Å²) in [6.07, 6.45) is -4.29. The van der Waals surface area contributed by atoms with Gasteiger partial charge in [0.05, 0.1) is 5.56 Å². The van der Waals surface area contributed by atoms with E-state index in [1.807, 2.05) is 11.0 Å². The molecular weight excluding hydrogens is 325 g/mol. The number of anilines is 1. The molecule has 0 aliphatic carbocycles. The van der Waals surface area contributed by atoms with E-state index < -0.39 is 11.7 Å². The first kappa shape index (κ1) is 17.8. The molecule has 1 fully saturated rings. The number of alkyl halides is 3. The van der Waals surface area contributed by atoms with Crippen molar-refractivity contribution in [2.24, 2.45) is 0 Å². The van der Waals surface area contributed by atoms with E-state index in [2.05, 4.69) is 36.1 Å². The fourth-order valence-electron chi connectivity index (χ4n) is 3.34. The predicted molar refractivity (Wildman–Crippen MR) is 95.0 cm³/mol. The van der Waals surface area contributed by atoms with E-state index in [0.29, 0.717) is 11.6 Å². The first-order valence-corrected chi connectivity index (χ1v) is 8.63. The van der Waals surface area contributed by atoms with Crippen LogP contribution in [-0.4, -0.2) is 37.6 Å². The third-order valence-corrected chi connectivity index (χ3v) is 4.81. The zero-order valence-electron chi connectivity index (χ0n) is 14.3. The van der Waals surface area contributed by atoms with Crippen molar-refractivity contribution in [2.75, 3.05) is 37.6 Å². The Morgan fingerprint density at radius 1 is 0.920 bits per heavy atom. The molecule has 1 aliphatic rings. The molecule has 134 valence electrons. The SMILES string of the molecule is CC(CN1CCN(c2cccc(C(F)(F)F)c2)CC1)c1ccccc1. The minimum atomic E-state index is -4.29. The molecule has 1 heterocycles. The Balaban J connectivity index is 1.57. The number of halogens is 3. The lowest BCUT2D eigenvalue weighted by Gasteiger charge is -2.37. The summed E-state index contributed by atoms with van der Waals surface area (Å²) >= 11 is 0. The highest BCUT2D eigenvalue weighted by Crippen LogP contribution is 2.32. The van der Waals surface area contributed by atoms with Crippen LogP contribution in [0.15, 0.2) is 54.6 Å². The minimum absolute atomic E-state index is 0.446. The maximum Gasteiger partial charge on any atom is 0.416 e. The van der Waals surface area contributed by atoms with Crippen molar-refractivity contribution in [3.05, 3.63) is 65.7 Å². The number of hydrogen-bond acceptors (Lipinski definition) is 2. The van der Waals surface area contributed by atoms with Gasteiger partial charge in [-0.3, -0.25) is 4.90 Å². The smallest absolute Gasteiger partial charge is 0.369 e. The van der Waals surface area contributed by atoms with E-state index in [9.17, 15) is 13.2 Å². The molecule has 2 aromatic rings. The van der Waals surface area contributed by atoms with Crippen LogP contribution in [0.25, 0.3) is 0 Å². The van der Waals surface area contributed by atoms with E-state index in [1.54, 1.807) is 6.07 Å². The molecular formula is C20H23F3N2. The molecule has 0 bridgehead atoms. The molecule has 2 nitrogen and oxygen atoms in total. The first-order valence-electron chi connectivity index (χ1n) is 8.63. The van der Waals surface area contributed by atoms with Crippen molar-refractivity contribution >= 4 is 5.69 Å². The van der Waals surface area contributed by atoms with Gasteiger partial charge >= 0.3 is 6.18 Å². The van der Waals surface area contributed by atoms with Crippen LogP contribution < -0.4 is 4.90 Å². The molecule has 0 saturated carbocycles. The Labute approximate surface area is 146 Å². The van der Waals surface area contributed by atoms with Gasteiger partial charge in [-0.1, -0.05) is 43.3 Å². The predicted octanol–water partition coefficient (Wildman–Crippen LogP) is 4.63. The van der Waals surface area contributed by atoms with Gasteiger partial charge in [-0.25, -0.2) is 0 Å². The summed E-state index contributed by atoms with van der Waals surface area (Å²) in [6, 6.07) is 16.0. The molecule has 0 N–H and O–H groups in total. The van der Waals surface area contributed by atoms with E-state index >= 15 is 0 Å². The van der Waals surface area contributed by atoms with Gasteiger partial charge in [-0.2, -0.15) is 13.2 Å². The molecule has 5 heteroatoms. The molecule has 1 atom stereocenters. The monoisotopic (exact) mass is 348 g/mol. The van der Waals surface area contributed by atoms with Gasteiger partial charge in [-0.15, -0.1) is 0 Å². The van der Waals surface area contributed by atoms with Gasteiger partial charge in [0.2, 0.25) is 0 Å². The van der Waals surface area contributed by atoms with Crippen LogP contribution in [0.1, 0.15) is 24.0 Å². The van der Waals surface area contributed by atoms with Gasteiger partial charge in [0.1, 0.15) is 0 Å². The topological polar surface area (TPSA) is 6.48 Å². The molecule has 1 unspecified atom stereocenters. The van der Waals surface area contributed by atoms with Crippen molar-refractivity contribution in [2.45, 2.75) is 19.0 Å². The molecule has 0 amide bonds. The van der Waals surface area contributed by atoms with Gasteiger partial charge in [-0.05, 0) is 29.7 Å². The van der Waals surface area contributed by atoms with Gasteiger partial charge < -0.3 is 4.90 Å². The molecule has 0 spiro atoms. The summed E-state index contributed by atoms with van der Waals surface area (Å²) in [6.45, 7) is 6.43.